The van der Waals surface area contributed by atoms with Crippen LogP contribution in [0.2, 0.25) is 0 Å². The number of rotatable bonds is 4. The lowest BCUT2D eigenvalue weighted by Gasteiger charge is -2.32. The van der Waals surface area contributed by atoms with E-state index in [1.807, 2.05) is 0 Å². The second kappa shape index (κ2) is 5.89. The van der Waals surface area contributed by atoms with Crippen molar-refractivity contribution in [2.24, 2.45) is 11.8 Å². The summed E-state index contributed by atoms with van der Waals surface area (Å²) in [4.78, 5) is 0. The normalized spacial score (nSPS) is 37.0. The molecule has 2 aliphatic rings. The van der Waals surface area contributed by atoms with Gasteiger partial charge in [0, 0.05) is 6.04 Å². The fourth-order valence-corrected chi connectivity index (χ4v) is 3.49. The highest BCUT2D eigenvalue weighted by molar-refractivity contribution is 4.85. The standard InChI is InChI=1S/C14H27N/c1-2-3-5-12-7-9-13(10-8-12)14-6-4-11-15-14/h12-15H,2-11H2,1H3. The molecule has 15 heavy (non-hydrogen) atoms. The average molecular weight is 209 g/mol. The van der Waals surface area contributed by atoms with Gasteiger partial charge in [0.05, 0.1) is 0 Å². The van der Waals surface area contributed by atoms with Crippen LogP contribution in [-0.4, -0.2) is 12.6 Å². The van der Waals surface area contributed by atoms with Crippen molar-refractivity contribution < 1.29 is 0 Å². The third-order valence-corrected chi connectivity index (χ3v) is 4.52. The van der Waals surface area contributed by atoms with Crippen molar-refractivity contribution in [3.05, 3.63) is 0 Å². The van der Waals surface area contributed by atoms with Gasteiger partial charge in [-0.15, -0.1) is 0 Å². The molecule has 0 bridgehead atoms. The lowest BCUT2D eigenvalue weighted by atomic mass is 9.76. The Balaban J connectivity index is 1.67. The van der Waals surface area contributed by atoms with E-state index in [1.165, 1.54) is 64.3 Å². The van der Waals surface area contributed by atoms with E-state index in [0.717, 1.165) is 17.9 Å². The predicted molar refractivity (Wildman–Crippen MR) is 66.0 cm³/mol. The zero-order chi connectivity index (χ0) is 10.5. The van der Waals surface area contributed by atoms with Gasteiger partial charge in [-0.25, -0.2) is 0 Å². The Hall–Kier alpha value is -0.0400. The average Bonchev–Trinajstić information content (AvgIpc) is 2.80. The van der Waals surface area contributed by atoms with Gasteiger partial charge in [0.15, 0.2) is 0 Å². The Morgan fingerprint density at radius 1 is 1.07 bits per heavy atom. The molecule has 1 aliphatic heterocycles. The van der Waals surface area contributed by atoms with Crippen molar-refractivity contribution in [1.82, 2.24) is 5.32 Å². The largest absolute Gasteiger partial charge is 0.314 e. The van der Waals surface area contributed by atoms with Gasteiger partial charge in [0.2, 0.25) is 0 Å². The molecule has 0 radical (unpaired) electrons. The molecule has 1 heteroatoms. The summed E-state index contributed by atoms with van der Waals surface area (Å²) in [5, 5.41) is 3.68. The molecule has 0 spiro atoms. The van der Waals surface area contributed by atoms with Gasteiger partial charge in [-0.05, 0) is 44.1 Å². The van der Waals surface area contributed by atoms with Crippen LogP contribution in [-0.2, 0) is 0 Å². The summed E-state index contributed by atoms with van der Waals surface area (Å²) in [5.41, 5.74) is 0. The van der Waals surface area contributed by atoms with E-state index in [1.54, 1.807) is 0 Å². The first kappa shape index (κ1) is 11.4. The summed E-state index contributed by atoms with van der Waals surface area (Å²) >= 11 is 0. The zero-order valence-corrected chi connectivity index (χ0v) is 10.3. The van der Waals surface area contributed by atoms with E-state index in [0.29, 0.717) is 0 Å². The topological polar surface area (TPSA) is 12.0 Å². The molecule has 1 nitrogen and oxygen atoms in total. The van der Waals surface area contributed by atoms with E-state index in [9.17, 15) is 0 Å². The molecule has 2 fully saturated rings. The quantitative estimate of drug-likeness (QED) is 0.744. The Kier molecular flexibility index (Phi) is 4.49. The van der Waals surface area contributed by atoms with Crippen molar-refractivity contribution in [1.29, 1.82) is 0 Å². The maximum absolute atomic E-state index is 3.68. The van der Waals surface area contributed by atoms with E-state index >= 15 is 0 Å². The lowest BCUT2D eigenvalue weighted by Crippen LogP contribution is -2.33. The van der Waals surface area contributed by atoms with Crippen LogP contribution in [0.15, 0.2) is 0 Å². The Bertz CT molecular complexity index is 164. The maximum Gasteiger partial charge on any atom is 0.00958 e. The predicted octanol–water partition coefficient (Wildman–Crippen LogP) is 3.74. The summed E-state index contributed by atoms with van der Waals surface area (Å²) in [7, 11) is 0. The van der Waals surface area contributed by atoms with E-state index in [2.05, 4.69) is 12.2 Å². The second-order valence-corrected chi connectivity index (χ2v) is 5.63. The smallest absolute Gasteiger partial charge is 0.00958 e. The molecule has 0 aromatic carbocycles. The van der Waals surface area contributed by atoms with Gasteiger partial charge < -0.3 is 5.32 Å². The Morgan fingerprint density at radius 2 is 1.87 bits per heavy atom. The fraction of sp³-hybridized carbons (Fsp3) is 1.00. The van der Waals surface area contributed by atoms with E-state index in [-0.39, 0.29) is 0 Å². The highest BCUT2D eigenvalue weighted by Gasteiger charge is 2.28. The number of unbranched alkanes of at least 4 members (excludes halogenated alkanes) is 1. The summed E-state index contributed by atoms with van der Waals surface area (Å²) in [5.74, 6) is 2.09. The molecule has 2 rings (SSSR count). The van der Waals surface area contributed by atoms with Crippen LogP contribution in [0.4, 0.5) is 0 Å². The van der Waals surface area contributed by atoms with Gasteiger partial charge in [-0.2, -0.15) is 0 Å². The second-order valence-electron chi connectivity index (χ2n) is 5.63. The number of nitrogens with one attached hydrogen (secondary N) is 1. The first-order chi connectivity index (χ1) is 7.40. The van der Waals surface area contributed by atoms with Crippen molar-refractivity contribution in [2.75, 3.05) is 6.54 Å². The van der Waals surface area contributed by atoms with Crippen LogP contribution in [0, 0.1) is 11.8 Å². The minimum absolute atomic E-state index is 0.886. The van der Waals surface area contributed by atoms with E-state index < -0.39 is 0 Å². The van der Waals surface area contributed by atoms with Gasteiger partial charge in [-0.1, -0.05) is 39.0 Å². The van der Waals surface area contributed by atoms with E-state index in [4.69, 9.17) is 0 Å². The third kappa shape index (κ3) is 3.21. The van der Waals surface area contributed by atoms with Gasteiger partial charge in [0.25, 0.3) is 0 Å². The minimum atomic E-state index is 0.886. The summed E-state index contributed by atoms with van der Waals surface area (Å²) in [6, 6.07) is 0.886. The van der Waals surface area contributed by atoms with Crippen molar-refractivity contribution >= 4 is 0 Å². The van der Waals surface area contributed by atoms with Gasteiger partial charge >= 0.3 is 0 Å². The Labute approximate surface area is 95.0 Å². The first-order valence-electron chi connectivity index (χ1n) is 7.13. The molecule has 0 amide bonds. The molecule has 1 N–H and O–H groups in total. The SMILES string of the molecule is CCCCC1CCC(C2CCCN2)CC1. The monoisotopic (exact) mass is 209 g/mol. The summed E-state index contributed by atoms with van der Waals surface area (Å²) < 4.78 is 0. The lowest BCUT2D eigenvalue weighted by molar-refractivity contribution is 0.222. The molecular weight excluding hydrogens is 182 g/mol. The summed E-state index contributed by atoms with van der Waals surface area (Å²) in [6.45, 7) is 3.59. The van der Waals surface area contributed by atoms with Crippen LogP contribution in [0.1, 0.15) is 64.7 Å². The molecule has 1 saturated heterocycles. The molecule has 1 aliphatic carbocycles. The van der Waals surface area contributed by atoms with Gasteiger partial charge in [0.1, 0.15) is 0 Å². The third-order valence-electron chi connectivity index (χ3n) is 4.52. The first-order valence-corrected chi connectivity index (χ1v) is 7.13. The summed E-state index contributed by atoms with van der Waals surface area (Å²) in [6.07, 6.45) is 13.2. The number of hydrogen-bond donors (Lipinski definition) is 1. The number of hydrogen-bond acceptors (Lipinski definition) is 1. The maximum atomic E-state index is 3.68. The molecule has 1 saturated carbocycles. The van der Waals surface area contributed by atoms with Crippen molar-refractivity contribution in [3.63, 3.8) is 0 Å². The molecule has 1 unspecified atom stereocenters. The van der Waals surface area contributed by atoms with Crippen molar-refractivity contribution in [3.8, 4) is 0 Å². The van der Waals surface area contributed by atoms with Crippen LogP contribution in [0.25, 0.3) is 0 Å². The van der Waals surface area contributed by atoms with Crippen molar-refractivity contribution in [2.45, 2.75) is 70.8 Å². The molecule has 1 atom stereocenters. The molecule has 88 valence electrons. The van der Waals surface area contributed by atoms with Crippen LogP contribution < -0.4 is 5.32 Å². The highest BCUT2D eigenvalue weighted by Crippen LogP contribution is 2.35. The molecule has 0 aromatic rings. The fourth-order valence-electron chi connectivity index (χ4n) is 3.49. The van der Waals surface area contributed by atoms with Crippen LogP contribution in [0.3, 0.4) is 0 Å². The molecule has 0 aromatic heterocycles. The molecule has 1 heterocycles. The zero-order valence-electron chi connectivity index (χ0n) is 10.3. The Morgan fingerprint density at radius 3 is 2.47 bits per heavy atom. The van der Waals surface area contributed by atoms with Gasteiger partial charge in [-0.3, -0.25) is 0 Å². The molecular formula is C14H27N. The highest BCUT2D eigenvalue weighted by atomic mass is 14.9. The minimum Gasteiger partial charge on any atom is -0.314 e. The van der Waals surface area contributed by atoms with Crippen LogP contribution in [0.5, 0.6) is 0 Å². The van der Waals surface area contributed by atoms with Crippen LogP contribution >= 0.6 is 0 Å².